The monoisotopic (exact) mass is 237 g/mol. The first-order valence-corrected chi connectivity index (χ1v) is 5.64. The molecule has 0 amide bonds. The molecule has 1 aromatic rings. The molecule has 0 aromatic heterocycles. The van der Waals surface area contributed by atoms with Crippen molar-refractivity contribution in [2.24, 2.45) is 5.92 Å². The quantitative estimate of drug-likeness (QED) is 0.823. The summed E-state index contributed by atoms with van der Waals surface area (Å²) < 4.78 is 0. The van der Waals surface area contributed by atoms with Crippen LogP contribution in [0.1, 0.15) is 25.5 Å². The highest BCUT2D eigenvalue weighted by molar-refractivity contribution is 5.69. The Kier molecular flexibility index (Phi) is 4.52. The van der Waals surface area contributed by atoms with Gasteiger partial charge in [0.2, 0.25) is 0 Å². The molecule has 4 heteroatoms. The highest BCUT2D eigenvalue weighted by Gasteiger charge is 2.19. The van der Waals surface area contributed by atoms with E-state index < -0.39 is 11.9 Å². The van der Waals surface area contributed by atoms with E-state index in [1.165, 1.54) is 0 Å². The molecule has 94 valence electrons. The molecule has 0 radical (unpaired) electrons. The Morgan fingerprint density at radius 3 is 2.47 bits per heavy atom. The predicted molar refractivity (Wildman–Crippen MR) is 66.0 cm³/mol. The van der Waals surface area contributed by atoms with Crippen LogP contribution in [0.3, 0.4) is 0 Å². The molecule has 0 fully saturated rings. The maximum Gasteiger partial charge on any atom is 0.307 e. The number of phenolic OH excluding ortho intramolecular Hbond substituents is 1. The van der Waals surface area contributed by atoms with Gasteiger partial charge in [-0.25, -0.2) is 0 Å². The molecular formula is C13H19NO3. The van der Waals surface area contributed by atoms with E-state index in [2.05, 4.69) is 0 Å². The minimum atomic E-state index is -0.804. The Balaban J connectivity index is 2.73. The lowest BCUT2D eigenvalue weighted by molar-refractivity contribution is -0.141. The summed E-state index contributed by atoms with van der Waals surface area (Å²) in [5.41, 5.74) is 0.813. The van der Waals surface area contributed by atoms with Crippen LogP contribution in [0.4, 0.5) is 0 Å². The van der Waals surface area contributed by atoms with Crippen molar-refractivity contribution in [2.45, 2.75) is 19.9 Å². The molecule has 0 bridgehead atoms. The van der Waals surface area contributed by atoms with Crippen LogP contribution < -0.4 is 0 Å². The number of hydrogen-bond acceptors (Lipinski definition) is 3. The van der Waals surface area contributed by atoms with Crippen LogP contribution >= 0.6 is 0 Å². The van der Waals surface area contributed by atoms with Gasteiger partial charge in [0.25, 0.3) is 0 Å². The summed E-state index contributed by atoms with van der Waals surface area (Å²) in [6, 6.07) is 7.10. The first-order valence-electron chi connectivity index (χ1n) is 5.64. The molecule has 0 aliphatic rings. The third-order valence-corrected chi connectivity index (χ3v) is 3.03. The molecule has 0 saturated carbocycles. The normalized spacial score (nSPS) is 14.6. The molecule has 0 aliphatic heterocycles. The molecule has 0 heterocycles. The molecule has 2 atom stereocenters. The minimum absolute atomic E-state index is 0.0157. The highest BCUT2D eigenvalue weighted by atomic mass is 16.4. The lowest BCUT2D eigenvalue weighted by atomic mass is 10.0. The van der Waals surface area contributed by atoms with Gasteiger partial charge in [-0.15, -0.1) is 0 Å². The zero-order chi connectivity index (χ0) is 13.0. The van der Waals surface area contributed by atoms with E-state index in [1.807, 2.05) is 31.0 Å². The van der Waals surface area contributed by atoms with Gasteiger partial charge in [-0.2, -0.15) is 0 Å². The average Bonchev–Trinajstić information content (AvgIpc) is 2.28. The van der Waals surface area contributed by atoms with Crippen molar-refractivity contribution < 1.29 is 15.0 Å². The van der Waals surface area contributed by atoms with Gasteiger partial charge in [-0.3, -0.25) is 9.69 Å². The van der Waals surface area contributed by atoms with Crippen LogP contribution in [0.5, 0.6) is 5.75 Å². The van der Waals surface area contributed by atoms with Crippen LogP contribution in [0.15, 0.2) is 24.3 Å². The number of benzene rings is 1. The second-order valence-corrected chi connectivity index (χ2v) is 4.41. The number of carboxylic acids is 1. The Morgan fingerprint density at radius 1 is 1.35 bits per heavy atom. The fourth-order valence-corrected chi connectivity index (χ4v) is 1.75. The number of aromatic hydroxyl groups is 1. The maximum absolute atomic E-state index is 10.8. The molecule has 1 rings (SSSR count). The summed E-state index contributed by atoms with van der Waals surface area (Å²) in [6.45, 7) is 4.07. The standard InChI is InChI=1S/C13H19NO3/c1-9(13(16)17)8-14(3)10(2)11-6-4-5-7-12(11)15/h4-7,9-10,15H,8H2,1-3H3,(H,16,17). The third-order valence-electron chi connectivity index (χ3n) is 3.03. The van der Waals surface area contributed by atoms with Crippen molar-refractivity contribution in [2.75, 3.05) is 13.6 Å². The summed E-state index contributed by atoms with van der Waals surface area (Å²) >= 11 is 0. The van der Waals surface area contributed by atoms with E-state index in [9.17, 15) is 9.90 Å². The van der Waals surface area contributed by atoms with Crippen LogP contribution in [-0.4, -0.2) is 34.7 Å². The van der Waals surface area contributed by atoms with Gasteiger partial charge >= 0.3 is 5.97 Å². The zero-order valence-corrected chi connectivity index (χ0v) is 10.4. The second kappa shape index (κ2) is 5.68. The van der Waals surface area contributed by atoms with Gasteiger partial charge in [0.1, 0.15) is 5.75 Å². The van der Waals surface area contributed by atoms with E-state index in [4.69, 9.17) is 5.11 Å². The Morgan fingerprint density at radius 2 is 1.94 bits per heavy atom. The molecule has 0 aliphatic carbocycles. The number of nitrogens with zero attached hydrogens (tertiary/aromatic N) is 1. The molecule has 4 nitrogen and oxygen atoms in total. The molecule has 0 spiro atoms. The largest absolute Gasteiger partial charge is 0.508 e. The molecular weight excluding hydrogens is 218 g/mol. The smallest absolute Gasteiger partial charge is 0.307 e. The van der Waals surface area contributed by atoms with E-state index in [0.717, 1.165) is 5.56 Å². The Bertz CT molecular complexity index is 392. The van der Waals surface area contributed by atoms with Crippen molar-refractivity contribution in [1.82, 2.24) is 4.90 Å². The fraction of sp³-hybridized carbons (Fsp3) is 0.462. The van der Waals surface area contributed by atoms with Gasteiger partial charge in [0, 0.05) is 18.2 Å². The zero-order valence-electron chi connectivity index (χ0n) is 10.4. The SMILES string of the molecule is CC(CN(C)C(C)c1ccccc1O)C(=O)O. The van der Waals surface area contributed by atoms with Crippen molar-refractivity contribution in [1.29, 1.82) is 0 Å². The molecule has 17 heavy (non-hydrogen) atoms. The van der Waals surface area contributed by atoms with E-state index in [0.29, 0.717) is 6.54 Å². The van der Waals surface area contributed by atoms with Gasteiger partial charge in [0.05, 0.1) is 5.92 Å². The molecule has 2 unspecified atom stereocenters. The number of hydrogen-bond donors (Lipinski definition) is 2. The Hall–Kier alpha value is -1.55. The maximum atomic E-state index is 10.8. The predicted octanol–water partition coefficient (Wildman–Crippen LogP) is 2.11. The van der Waals surface area contributed by atoms with E-state index >= 15 is 0 Å². The van der Waals surface area contributed by atoms with Gasteiger partial charge in [0.15, 0.2) is 0 Å². The first-order chi connectivity index (χ1) is 7.93. The van der Waals surface area contributed by atoms with Crippen molar-refractivity contribution in [3.63, 3.8) is 0 Å². The second-order valence-electron chi connectivity index (χ2n) is 4.41. The summed E-state index contributed by atoms with van der Waals surface area (Å²) in [7, 11) is 1.86. The molecule has 1 aromatic carbocycles. The summed E-state index contributed by atoms with van der Waals surface area (Å²) in [5, 5.41) is 18.6. The van der Waals surface area contributed by atoms with Gasteiger partial charge in [-0.1, -0.05) is 25.1 Å². The van der Waals surface area contributed by atoms with Crippen LogP contribution in [0.2, 0.25) is 0 Å². The number of carbonyl (C=O) groups is 1. The number of aliphatic carboxylic acids is 1. The fourth-order valence-electron chi connectivity index (χ4n) is 1.75. The Labute approximate surface area is 101 Å². The third kappa shape index (κ3) is 3.46. The highest BCUT2D eigenvalue weighted by Crippen LogP contribution is 2.27. The summed E-state index contributed by atoms with van der Waals surface area (Å²) in [4.78, 5) is 12.7. The first kappa shape index (κ1) is 13.5. The number of para-hydroxylation sites is 1. The van der Waals surface area contributed by atoms with Crippen LogP contribution in [0.25, 0.3) is 0 Å². The van der Waals surface area contributed by atoms with Gasteiger partial charge in [-0.05, 0) is 20.0 Å². The summed E-state index contributed by atoms with van der Waals surface area (Å²) in [6.07, 6.45) is 0. The number of phenols is 1. The summed E-state index contributed by atoms with van der Waals surface area (Å²) in [5.74, 6) is -0.982. The van der Waals surface area contributed by atoms with E-state index in [1.54, 1.807) is 19.1 Å². The van der Waals surface area contributed by atoms with Crippen LogP contribution in [-0.2, 0) is 4.79 Å². The van der Waals surface area contributed by atoms with Crippen LogP contribution in [0, 0.1) is 5.92 Å². The topological polar surface area (TPSA) is 60.8 Å². The van der Waals surface area contributed by atoms with Crippen molar-refractivity contribution in [3.8, 4) is 5.75 Å². The average molecular weight is 237 g/mol. The van der Waals surface area contributed by atoms with Crippen molar-refractivity contribution >= 4 is 5.97 Å². The lowest BCUT2D eigenvalue weighted by Crippen LogP contribution is -2.30. The molecule has 2 N–H and O–H groups in total. The molecule has 0 saturated heterocycles. The number of carboxylic acid groups (broad SMARTS) is 1. The minimum Gasteiger partial charge on any atom is -0.508 e. The van der Waals surface area contributed by atoms with E-state index in [-0.39, 0.29) is 11.8 Å². The lowest BCUT2D eigenvalue weighted by Gasteiger charge is -2.27. The van der Waals surface area contributed by atoms with Gasteiger partial charge < -0.3 is 10.2 Å². The van der Waals surface area contributed by atoms with Crippen molar-refractivity contribution in [3.05, 3.63) is 29.8 Å². The number of rotatable bonds is 5.